The molecule has 0 N–H and O–H groups in total. The van der Waals surface area contributed by atoms with E-state index < -0.39 is 29.4 Å². The summed E-state index contributed by atoms with van der Waals surface area (Å²) in [6.07, 6.45) is -5.54. The highest BCUT2D eigenvalue weighted by atomic mass is 19.4. The number of alkyl halides is 3. The normalized spacial score (nSPS) is 11.8. The van der Waals surface area contributed by atoms with Gasteiger partial charge in [0.2, 0.25) is 0 Å². The molecule has 0 radical (unpaired) electrons. The van der Waals surface area contributed by atoms with E-state index in [1.807, 2.05) is 6.92 Å². The Morgan fingerprint density at radius 1 is 1.06 bits per heavy atom. The zero-order chi connectivity index (χ0) is 25.7. The minimum Gasteiger partial charge on any atom is -0.466 e. The first-order valence-corrected chi connectivity index (χ1v) is 11.0. The van der Waals surface area contributed by atoms with Crippen molar-refractivity contribution in [3.8, 4) is 11.3 Å². The van der Waals surface area contributed by atoms with Crippen LogP contribution in [-0.4, -0.2) is 40.7 Å². The van der Waals surface area contributed by atoms with Crippen molar-refractivity contribution in [3.63, 3.8) is 0 Å². The number of aryl methyl sites for hydroxylation is 1. The molecule has 2 aromatic rings. The molecule has 34 heavy (non-hydrogen) atoms. The lowest BCUT2D eigenvalue weighted by molar-refractivity contribution is -0.142. The second-order valence-electron chi connectivity index (χ2n) is 8.87. The van der Waals surface area contributed by atoms with E-state index in [9.17, 15) is 22.8 Å². The zero-order valence-corrected chi connectivity index (χ0v) is 20.4. The average Bonchev–Trinajstić information content (AvgIpc) is 2.70. The lowest BCUT2D eigenvalue weighted by Gasteiger charge is -2.27. The SMILES string of the molecule is CCOC(=O)Cc1cc(C(F)(F)F)cc(-c2ccc(C)cc2CN(CC)C(=O)OC(C)(C)C)n1. The first-order chi connectivity index (χ1) is 15.7. The number of carbonyl (C=O) groups excluding carboxylic acids is 2. The molecule has 0 spiro atoms. The number of benzene rings is 1. The van der Waals surface area contributed by atoms with Gasteiger partial charge < -0.3 is 14.4 Å². The van der Waals surface area contributed by atoms with Crippen molar-refractivity contribution in [1.29, 1.82) is 0 Å². The van der Waals surface area contributed by atoms with Crippen LogP contribution in [0.15, 0.2) is 30.3 Å². The minimum absolute atomic E-state index is 0.0470. The molecule has 186 valence electrons. The molecule has 2 rings (SSSR count). The number of amides is 1. The lowest BCUT2D eigenvalue weighted by atomic mass is 9.99. The molecule has 0 atom stereocenters. The maximum atomic E-state index is 13.6. The van der Waals surface area contributed by atoms with Gasteiger partial charge in [-0.15, -0.1) is 0 Å². The van der Waals surface area contributed by atoms with Gasteiger partial charge in [0.25, 0.3) is 0 Å². The van der Waals surface area contributed by atoms with Crippen LogP contribution in [0.2, 0.25) is 0 Å². The molecule has 1 heterocycles. The number of aromatic nitrogens is 1. The molecule has 0 aliphatic heterocycles. The van der Waals surface area contributed by atoms with Crippen molar-refractivity contribution in [2.24, 2.45) is 0 Å². The summed E-state index contributed by atoms with van der Waals surface area (Å²) in [7, 11) is 0. The largest absolute Gasteiger partial charge is 0.466 e. The van der Waals surface area contributed by atoms with Crippen LogP contribution in [-0.2, 0) is 33.4 Å². The molecule has 0 unspecified atom stereocenters. The molecule has 1 aromatic heterocycles. The van der Waals surface area contributed by atoms with E-state index in [0.29, 0.717) is 17.7 Å². The fourth-order valence-corrected chi connectivity index (χ4v) is 3.28. The number of pyridine rings is 1. The van der Waals surface area contributed by atoms with Crippen LogP contribution in [0, 0.1) is 6.92 Å². The Morgan fingerprint density at radius 2 is 1.74 bits per heavy atom. The molecule has 0 bridgehead atoms. The molecule has 9 heteroatoms. The van der Waals surface area contributed by atoms with Gasteiger partial charge in [-0.05, 0) is 59.2 Å². The summed E-state index contributed by atoms with van der Waals surface area (Å²) < 4.78 is 51.2. The zero-order valence-electron chi connectivity index (χ0n) is 20.4. The molecule has 6 nitrogen and oxygen atoms in total. The third kappa shape index (κ3) is 7.74. The van der Waals surface area contributed by atoms with E-state index in [2.05, 4.69) is 4.98 Å². The second-order valence-corrected chi connectivity index (χ2v) is 8.87. The Bertz CT molecular complexity index is 1030. The van der Waals surface area contributed by atoms with Crippen LogP contribution in [0.25, 0.3) is 11.3 Å². The number of rotatable bonds is 7. The van der Waals surface area contributed by atoms with Crippen molar-refractivity contribution >= 4 is 12.1 Å². The van der Waals surface area contributed by atoms with E-state index in [1.165, 1.54) is 4.90 Å². The van der Waals surface area contributed by atoms with Crippen molar-refractivity contribution < 1.29 is 32.2 Å². The van der Waals surface area contributed by atoms with Crippen LogP contribution in [0.3, 0.4) is 0 Å². The summed E-state index contributed by atoms with van der Waals surface area (Å²) in [5, 5.41) is 0. The number of carbonyl (C=O) groups is 2. The molecule has 0 saturated heterocycles. The van der Waals surface area contributed by atoms with Gasteiger partial charge in [-0.2, -0.15) is 13.2 Å². The fourth-order valence-electron chi connectivity index (χ4n) is 3.28. The highest BCUT2D eigenvalue weighted by molar-refractivity contribution is 5.73. The maximum absolute atomic E-state index is 13.6. The molecule has 1 amide bonds. The number of halogens is 3. The minimum atomic E-state index is -4.63. The smallest absolute Gasteiger partial charge is 0.416 e. The predicted molar refractivity (Wildman–Crippen MR) is 122 cm³/mol. The van der Waals surface area contributed by atoms with Gasteiger partial charge in [-0.3, -0.25) is 9.78 Å². The standard InChI is InChI=1S/C25H31F3N2O4/c1-7-30(23(32)34-24(4,5)6)15-17-11-16(3)9-10-20(17)21-13-18(25(26,27)28)12-19(29-21)14-22(31)33-8-2/h9-13H,7-8,14-15H2,1-6H3. The van der Waals surface area contributed by atoms with Crippen LogP contribution in [0.1, 0.15) is 57.0 Å². The summed E-state index contributed by atoms with van der Waals surface area (Å²) in [6, 6.07) is 7.04. The van der Waals surface area contributed by atoms with Gasteiger partial charge in [-0.1, -0.05) is 23.8 Å². The van der Waals surface area contributed by atoms with Gasteiger partial charge in [0.15, 0.2) is 0 Å². The number of nitrogens with zero attached hydrogens (tertiary/aromatic N) is 2. The Hall–Kier alpha value is -3.10. The maximum Gasteiger partial charge on any atom is 0.416 e. The van der Waals surface area contributed by atoms with E-state index in [4.69, 9.17) is 9.47 Å². The van der Waals surface area contributed by atoms with E-state index in [0.717, 1.165) is 17.7 Å². The molecule has 1 aromatic carbocycles. The van der Waals surface area contributed by atoms with Crippen molar-refractivity contribution in [1.82, 2.24) is 9.88 Å². The summed E-state index contributed by atoms with van der Waals surface area (Å²) in [5.41, 5.74) is 0.328. The average molecular weight is 481 g/mol. The van der Waals surface area contributed by atoms with Crippen molar-refractivity contribution in [2.75, 3.05) is 13.2 Å². The summed E-state index contributed by atoms with van der Waals surface area (Å²) in [6.45, 7) is 11.1. The Labute approximate surface area is 198 Å². The Balaban J connectivity index is 2.54. The first-order valence-electron chi connectivity index (χ1n) is 11.0. The monoisotopic (exact) mass is 480 g/mol. The van der Waals surface area contributed by atoms with Crippen LogP contribution < -0.4 is 0 Å². The van der Waals surface area contributed by atoms with Gasteiger partial charge in [0.1, 0.15) is 5.60 Å². The third-order valence-corrected chi connectivity index (χ3v) is 4.77. The highest BCUT2D eigenvalue weighted by Crippen LogP contribution is 2.34. The lowest BCUT2D eigenvalue weighted by Crippen LogP contribution is -2.36. The molecule has 0 aliphatic carbocycles. The van der Waals surface area contributed by atoms with Gasteiger partial charge in [0.05, 0.1) is 30.0 Å². The third-order valence-electron chi connectivity index (χ3n) is 4.77. The number of hydrogen-bond acceptors (Lipinski definition) is 5. The Kier molecular flexibility index (Phi) is 8.69. The fraction of sp³-hybridized carbons (Fsp3) is 0.480. The van der Waals surface area contributed by atoms with E-state index in [-0.39, 0.29) is 31.0 Å². The first kappa shape index (κ1) is 27.1. The van der Waals surface area contributed by atoms with Crippen LogP contribution in [0.5, 0.6) is 0 Å². The van der Waals surface area contributed by atoms with Crippen LogP contribution in [0.4, 0.5) is 18.0 Å². The quantitative estimate of drug-likeness (QED) is 0.459. The second kappa shape index (κ2) is 10.9. The van der Waals surface area contributed by atoms with Gasteiger partial charge >= 0.3 is 18.2 Å². The molecule has 0 aliphatic rings. The summed E-state index contributed by atoms with van der Waals surface area (Å²) in [4.78, 5) is 30.3. The highest BCUT2D eigenvalue weighted by Gasteiger charge is 2.32. The summed E-state index contributed by atoms with van der Waals surface area (Å²) >= 11 is 0. The molecule has 0 fully saturated rings. The van der Waals surface area contributed by atoms with Gasteiger partial charge in [0, 0.05) is 18.7 Å². The van der Waals surface area contributed by atoms with Gasteiger partial charge in [-0.25, -0.2) is 4.79 Å². The van der Waals surface area contributed by atoms with E-state index in [1.54, 1.807) is 52.8 Å². The molecular formula is C25H31F3N2O4. The van der Waals surface area contributed by atoms with Crippen molar-refractivity contribution in [2.45, 2.75) is 66.3 Å². The Morgan fingerprint density at radius 3 is 2.29 bits per heavy atom. The number of ether oxygens (including phenoxy) is 2. The summed E-state index contributed by atoms with van der Waals surface area (Å²) in [5.74, 6) is -0.661. The molecule has 0 saturated carbocycles. The predicted octanol–water partition coefficient (Wildman–Crippen LogP) is 5.94. The topological polar surface area (TPSA) is 68.7 Å². The van der Waals surface area contributed by atoms with Crippen molar-refractivity contribution in [3.05, 3.63) is 52.7 Å². The molecular weight excluding hydrogens is 449 g/mol. The van der Waals surface area contributed by atoms with Crippen LogP contribution >= 0.6 is 0 Å². The number of esters is 1. The van der Waals surface area contributed by atoms with E-state index >= 15 is 0 Å². The number of hydrogen-bond donors (Lipinski definition) is 0.